The largest absolute Gasteiger partial charge is 0.283 e. The first-order valence-electron chi connectivity index (χ1n) is 6.29. The molecule has 0 saturated carbocycles. The fraction of sp³-hybridized carbons (Fsp3) is 0.429. The lowest BCUT2D eigenvalue weighted by atomic mass is 10.1. The molecule has 0 unspecified atom stereocenters. The second-order valence-corrected chi connectivity index (χ2v) is 5.02. The lowest BCUT2D eigenvalue weighted by Gasteiger charge is -2.36. The Hall–Kier alpha value is -1.68. The number of likely N-dealkylation sites (N-methyl/N-ethyl adjacent to an activating group) is 1. The van der Waals surface area contributed by atoms with E-state index in [1.54, 1.807) is 0 Å². The Morgan fingerprint density at radius 3 is 2.17 bits per heavy atom. The van der Waals surface area contributed by atoms with Gasteiger partial charge in [0.2, 0.25) is 11.8 Å². The van der Waals surface area contributed by atoms with Gasteiger partial charge in [0.15, 0.2) is 0 Å². The van der Waals surface area contributed by atoms with E-state index < -0.39 is 0 Å². The van der Waals surface area contributed by atoms with E-state index in [0.29, 0.717) is 6.54 Å². The van der Waals surface area contributed by atoms with Gasteiger partial charge in [0.1, 0.15) is 0 Å². The first-order chi connectivity index (χ1) is 8.68. The number of hydrogen-bond donors (Lipinski definition) is 0. The van der Waals surface area contributed by atoms with Crippen molar-refractivity contribution >= 4 is 11.8 Å². The van der Waals surface area contributed by atoms with Crippen LogP contribution in [0, 0.1) is 0 Å². The molecule has 2 aliphatic rings. The summed E-state index contributed by atoms with van der Waals surface area (Å²) in [5.41, 5.74) is 1.00. The quantitative estimate of drug-likeness (QED) is 0.729. The molecule has 1 aromatic carbocycles. The van der Waals surface area contributed by atoms with Gasteiger partial charge in [0.05, 0.1) is 18.6 Å². The molecule has 3 rings (SSSR count). The predicted molar refractivity (Wildman–Crippen MR) is 66.6 cm³/mol. The first-order valence-corrected chi connectivity index (χ1v) is 6.29. The van der Waals surface area contributed by atoms with Gasteiger partial charge in [-0.15, -0.1) is 0 Å². The molecule has 0 aliphatic carbocycles. The number of hydrogen-bond acceptors (Lipinski definition) is 3. The third-order valence-corrected chi connectivity index (χ3v) is 3.98. The first kappa shape index (κ1) is 11.4. The van der Waals surface area contributed by atoms with E-state index in [4.69, 9.17) is 0 Å². The smallest absolute Gasteiger partial charge is 0.246 e. The molecule has 0 radical (unpaired) electrons. The molecule has 18 heavy (non-hydrogen) atoms. The summed E-state index contributed by atoms with van der Waals surface area (Å²) in [6.07, 6.45) is 1.61. The molecule has 0 aromatic heterocycles. The topological polar surface area (TPSA) is 40.6 Å². The van der Waals surface area contributed by atoms with Crippen molar-refractivity contribution < 1.29 is 9.59 Å². The Kier molecular flexibility index (Phi) is 2.67. The molecule has 1 aromatic rings. The lowest BCUT2D eigenvalue weighted by Crippen LogP contribution is -2.58. The van der Waals surface area contributed by atoms with Crippen LogP contribution >= 0.6 is 0 Å². The fourth-order valence-corrected chi connectivity index (χ4v) is 2.93. The van der Waals surface area contributed by atoms with Crippen LogP contribution < -0.4 is 0 Å². The van der Waals surface area contributed by atoms with E-state index in [9.17, 15) is 9.59 Å². The summed E-state index contributed by atoms with van der Waals surface area (Å²) < 4.78 is 0. The van der Waals surface area contributed by atoms with E-state index in [1.807, 2.05) is 42.3 Å². The average Bonchev–Trinajstić information content (AvgIpc) is 2.71. The second-order valence-electron chi connectivity index (χ2n) is 5.02. The number of benzene rings is 1. The van der Waals surface area contributed by atoms with Crippen molar-refractivity contribution in [1.29, 1.82) is 0 Å². The van der Waals surface area contributed by atoms with Crippen LogP contribution in [0.3, 0.4) is 0 Å². The molecule has 2 atom stereocenters. The number of imide groups is 1. The average molecular weight is 244 g/mol. The Bertz CT molecular complexity index is 462. The summed E-state index contributed by atoms with van der Waals surface area (Å²) in [5.74, 6) is -0.0831. The molecule has 4 nitrogen and oxygen atoms in total. The zero-order chi connectivity index (χ0) is 12.7. The van der Waals surface area contributed by atoms with Crippen LogP contribution in [0.4, 0.5) is 0 Å². The predicted octanol–water partition coefficient (Wildman–Crippen LogP) is 1.02. The number of fused-ring (bicyclic) bond motifs is 2. The van der Waals surface area contributed by atoms with E-state index in [1.165, 1.54) is 4.90 Å². The molecule has 0 spiro atoms. The number of carbonyl (C=O) groups is 2. The Balaban J connectivity index is 1.85. The highest BCUT2D eigenvalue weighted by molar-refractivity contribution is 6.03. The van der Waals surface area contributed by atoms with Crippen LogP contribution in [0.15, 0.2) is 30.3 Å². The highest BCUT2D eigenvalue weighted by Crippen LogP contribution is 2.31. The molecule has 94 valence electrons. The highest BCUT2D eigenvalue weighted by atomic mass is 16.2. The van der Waals surface area contributed by atoms with Crippen LogP contribution in [0.25, 0.3) is 0 Å². The maximum absolute atomic E-state index is 12.3. The molecule has 0 N–H and O–H groups in total. The van der Waals surface area contributed by atoms with Gasteiger partial charge in [0, 0.05) is 0 Å². The molecule has 2 bridgehead atoms. The van der Waals surface area contributed by atoms with Gasteiger partial charge in [-0.3, -0.25) is 19.4 Å². The Labute approximate surface area is 106 Å². The van der Waals surface area contributed by atoms with Crippen molar-refractivity contribution in [2.24, 2.45) is 0 Å². The van der Waals surface area contributed by atoms with Crippen molar-refractivity contribution in [3.8, 4) is 0 Å². The van der Waals surface area contributed by atoms with E-state index in [-0.39, 0.29) is 23.9 Å². The number of piperazine rings is 1. The third-order valence-electron chi connectivity index (χ3n) is 3.98. The summed E-state index contributed by atoms with van der Waals surface area (Å²) in [6, 6.07) is 9.47. The molecule has 4 heteroatoms. The molecule has 2 aliphatic heterocycles. The molecule has 2 saturated heterocycles. The zero-order valence-electron chi connectivity index (χ0n) is 10.4. The van der Waals surface area contributed by atoms with Gasteiger partial charge in [-0.05, 0) is 25.5 Å². The molecule has 2 amide bonds. The number of amides is 2. The van der Waals surface area contributed by atoms with Crippen LogP contribution in [0.5, 0.6) is 0 Å². The number of carbonyl (C=O) groups excluding carboxylic acids is 2. The summed E-state index contributed by atoms with van der Waals surface area (Å²) in [6.45, 7) is 0.402. The van der Waals surface area contributed by atoms with Crippen LogP contribution in [0.1, 0.15) is 18.4 Å². The zero-order valence-corrected chi connectivity index (χ0v) is 10.4. The fourth-order valence-electron chi connectivity index (χ4n) is 2.93. The van der Waals surface area contributed by atoms with E-state index in [0.717, 1.165) is 18.4 Å². The summed E-state index contributed by atoms with van der Waals surface area (Å²) in [7, 11) is 1.87. The highest BCUT2D eigenvalue weighted by Gasteiger charge is 2.48. The lowest BCUT2D eigenvalue weighted by molar-refractivity contribution is -0.156. The maximum atomic E-state index is 12.3. The number of likely N-dealkylation sites (tertiary alicyclic amines) is 1. The van der Waals surface area contributed by atoms with Crippen molar-refractivity contribution in [3.05, 3.63) is 35.9 Å². The maximum Gasteiger partial charge on any atom is 0.246 e. The number of rotatable bonds is 2. The van der Waals surface area contributed by atoms with Crippen LogP contribution in [0.2, 0.25) is 0 Å². The molecule has 2 fully saturated rings. The standard InChI is InChI=1S/C14H16N2O2/c1-15-11-7-8-12(15)14(18)16(13(11)17)9-10-5-3-2-4-6-10/h2-6,11-12H,7-9H2,1H3/t11-,12-/m0/s1. The van der Waals surface area contributed by atoms with Gasteiger partial charge in [-0.1, -0.05) is 30.3 Å². The second kappa shape index (κ2) is 4.21. The van der Waals surface area contributed by atoms with Gasteiger partial charge in [0.25, 0.3) is 0 Å². The SMILES string of the molecule is CN1[C@H]2CC[C@H]1C(=O)N(Cc1ccccc1)C2=O. The number of nitrogens with zero attached hydrogens (tertiary/aromatic N) is 2. The molecule has 2 heterocycles. The van der Waals surface area contributed by atoms with E-state index >= 15 is 0 Å². The van der Waals surface area contributed by atoms with Crippen molar-refractivity contribution in [2.75, 3.05) is 7.05 Å². The molecular weight excluding hydrogens is 228 g/mol. The Morgan fingerprint density at radius 1 is 1.06 bits per heavy atom. The minimum Gasteiger partial charge on any atom is -0.283 e. The normalized spacial score (nSPS) is 27.9. The third kappa shape index (κ3) is 1.64. The van der Waals surface area contributed by atoms with Crippen LogP contribution in [-0.4, -0.2) is 40.7 Å². The van der Waals surface area contributed by atoms with Crippen molar-refractivity contribution in [3.63, 3.8) is 0 Å². The monoisotopic (exact) mass is 244 g/mol. The Morgan fingerprint density at radius 2 is 1.61 bits per heavy atom. The van der Waals surface area contributed by atoms with Crippen LogP contribution in [-0.2, 0) is 16.1 Å². The van der Waals surface area contributed by atoms with Crippen molar-refractivity contribution in [2.45, 2.75) is 31.5 Å². The van der Waals surface area contributed by atoms with Crippen molar-refractivity contribution in [1.82, 2.24) is 9.80 Å². The minimum atomic E-state index is -0.101. The van der Waals surface area contributed by atoms with Gasteiger partial charge < -0.3 is 0 Å². The van der Waals surface area contributed by atoms with Gasteiger partial charge in [-0.25, -0.2) is 0 Å². The van der Waals surface area contributed by atoms with Gasteiger partial charge >= 0.3 is 0 Å². The van der Waals surface area contributed by atoms with Gasteiger partial charge in [-0.2, -0.15) is 0 Å². The summed E-state index contributed by atoms with van der Waals surface area (Å²) in [5, 5.41) is 0. The van der Waals surface area contributed by atoms with E-state index in [2.05, 4.69) is 0 Å². The minimum absolute atomic E-state index is 0.0416. The summed E-state index contributed by atoms with van der Waals surface area (Å²) >= 11 is 0. The molecular formula is C14H16N2O2. The summed E-state index contributed by atoms with van der Waals surface area (Å²) in [4.78, 5) is 27.9.